The second-order valence-corrected chi connectivity index (χ2v) is 5.45. The number of carbonyl (C=O) groups excluding carboxylic acids is 1. The molecule has 0 saturated heterocycles. The first kappa shape index (κ1) is 14.7. The van der Waals surface area contributed by atoms with Crippen molar-refractivity contribution in [3.05, 3.63) is 33.1 Å². The number of amides is 1. The zero-order valence-corrected chi connectivity index (χ0v) is 12.0. The Morgan fingerprint density at radius 3 is 2.80 bits per heavy atom. The highest BCUT2D eigenvalue weighted by Crippen LogP contribution is 2.29. The van der Waals surface area contributed by atoms with Gasteiger partial charge in [-0.3, -0.25) is 14.9 Å². The third kappa shape index (κ3) is 3.07. The van der Waals surface area contributed by atoms with E-state index in [4.69, 9.17) is 11.6 Å². The highest BCUT2D eigenvalue weighted by Gasteiger charge is 2.28. The van der Waals surface area contributed by atoms with E-state index in [0.29, 0.717) is 12.5 Å². The molecule has 1 saturated carbocycles. The molecule has 0 atom stereocenters. The van der Waals surface area contributed by atoms with Crippen LogP contribution in [0.1, 0.15) is 36.0 Å². The first-order valence-corrected chi connectivity index (χ1v) is 6.93. The van der Waals surface area contributed by atoms with Crippen molar-refractivity contribution in [2.45, 2.75) is 25.7 Å². The monoisotopic (exact) mass is 297 g/mol. The second kappa shape index (κ2) is 6.17. The van der Waals surface area contributed by atoms with Crippen molar-refractivity contribution in [2.75, 3.05) is 13.6 Å². The van der Waals surface area contributed by atoms with Crippen LogP contribution in [0.5, 0.6) is 0 Å². The minimum Gasteiger partial charge on any atom is -0.341 e. The Balaban J connectivity index is 2.19. The van der Waals surface area contributed by atoms with E-state index in [1.807, 2.05) is 0 Å². The smallest absolute Gasteiger partial charge is 0.319 e. The predicted octanol–water partition coefficient (Wildman–Crippen LogP) is 2.91. The Bertz CT molecular complexity index is 530. The Labute approximate surface area is 121 Å². The van der Waals surface area contributed by atoms with E-state index in [9.17, 15) is 14.9 Å². The minimum atomic E-state index is -0.661. The van der Waals surface area contributed by atoms with Crippen LogP contribution >= 0.6 is 11.6 Å². The average Bonchev–Trinajstić information content (AvgIpc) is 2.89. The standard InChI is InChI=1S/C13H16ClN3O3/c1-16(8-9-4-2-3-5-9)13(18)10-6-7-15-12(14)11(10)17(19)20/h6-7,9H,2-5,8H2,1H3. The Morgan fingerprint density at radius 1 is 1.55 bits per heavy atom. The van der Waals surface area contributed by atoms with Gasteiger partial charge in [-0.1, -0.05) is 24.4 Å². The van der Waals surface area contributed by atoms with Gasteiger partial charge in [0.25, 0.3) is 5.91 Å². The van der Waals surface area contributed by atoms with Gasteiger partial charge in [0.15, 0.2) is 0 Å². The van der Waals surface area contributed by atoms with E-state index in [1.165, 1.54) is 30.0 Å². The van der Waals surface area contributed by atoms with Gasteiger partial charge in [0, 0.05) is 19.8 Å². The molecule has 1 heterocycles. The Morgan fingerprint density at radius 2 is 2.20 bits per heavy atom. The molecular formula is C13H16ClN3O3. The highest BCUT2D eigenvalue weighted by molar-refractivity contribution is 6.32. The molecule has 1 aromatic rings. The largest absolute Gasteiger partial charge is 0.341 e. The van der Waals surface area contributed by atoms with E-state index in [-0.39, 0.29) is 16.6 Å². The summed E-state index contributed by atoms with van der Waals surface area (Å²) in [6, 6.07) is 1.34. The number of pyridine rings is 1. The van der Waals surface area contributed by atoms with Crippen LogP contribution in [0.15, 0.2) is 12.3 Å². The first-order chi connectivity index (χ1) is 9.50. The fourth-order valence-electron chi connectivity index (χ4n) is 2.64. The molecule has 7 heteroatoms. The van der Waals surface area contributed by atoms with Crippen LogP contribution in [0.2, 0.25) is 5.15 Å². The molecule has 0 aliphatic heterocycles. The van der Waals surface area contributed by atoms with Gasteiger partial charge < -0.3 is 4.90 Å². The number of nitrogens with zero attached hydrogens (tertiary/aromatic N) is 3. The topological polar surface area (TPSA) is 76.3 Å². The van der Waals surface area contributed by atoms with Gasteiger partial charge in [0.1, 0.15) is 5.56 Å². The summed E-state index contributed by atoms with van der Waals surface area (Å²) < 4.78 is 0. The van der Waals surface area contributed by atoms with Crippen LogP contribution in [-0.2, 0) is 0 Å². The molecule has 0 spiro atoms. The number of nitro groups is 1. The second-order valence-electron chi connectivity index (χ2n) is 5.09. The SMILES string of the molecule is CN(CC1CCCC1)C(=O)c1ccnc(Cl)c1[N+](=O)[O-]. The summed E-state index contributed by atoms with van der Waals surface area (Å²) >= 11 is 5.72. The molecule has 1 amide bonds. The quantitative estimate of drug-likeness (QED) is 0.486. The number of aromatic nitrogens is 1. The van der Waals surface area contributed by atoms with E-state index in [2.05, 4.69) is 4.98 Å². The Hall–Kier alpha value is -1.69. The van der Waals surface area contributed by atoms with Crippen molar-refractivity contribution in [3.63, 3.8) is 0 Å². The van der Waals surface area contributed by atoms with Gasteiger partial charge >= 0.3 is 5.69 Å². The minimum absolute atomic E-state index is 0.00417. The fourth-order valence-corrected chi connectivity index (χ4v) is 2.87. The maximum atomic E-state index is 12.3. The van der Waals surface area contributed by atoms with E-state index in [1.54, 1.807) is 7.05 Å². The molecule has 6 nitrogen and oxygen atoms in total. The summed E-state index contributed by atoms with van der Waals surface area (Å²) in [7, 11) is 1.67. The predicted molar refractivity (Wildman–Crippen MR) is 74.8 cm³/mol. The van der Waals surface area contributed by atoms with Crippen LogP contribution < -0.4 is 0 Å². The summed E-state index contributed by atoms with van der Waals surface area (Å²) in [5.74, 6) is 0.105. The molecule has 108 valence electrons. The third-order valence-electron chi connectivity index (χ3n) is 3.65. The van der Waals surface area contributed by atoms with Crippen LogP contribution in [-0.4, -0.2) is 34.3 Å². The van der Waals surface area contributed by atoms with E-state index >= 15 is 0 Å². The zero-order chi connectivity index (χ0) is 14.7. The maximum absolute atomic E-state index is 12.3. The summed E-state index contributed by atoms with van der Waals surface area (Å²) in [5.41, 5.74) is -0.423. The molecule has 1 aromatic heterocycles. The van der Waals surface area contributed by atoms with Gasteiger partial charge in [-0.2, -0.15) is 0 Å². The molecule has 0 N–H and O–H groups in total. The van der Waals surface area contributed by atoms with Crippen molar-refractivity contribution >= 4 is 23.2 Å². The maximum Gasteiger partial charge on any atom is 0.319 e. The first-order valence-electron chi connectivity index (χ1n) is 6.55. The molecule has 0 unspecified atom stereocenters. The number of halogens is 1. The molecule has 1 aliphatic carbocycles. The van der Waals surface area contributed by atoms with Crippen LogP contribution in [0.4, 0.5) is 5.69 Å². The Kier molecular flexibility index (Phi) is 4.54. The van der Waals surface area contributed by atoms with E-state index < -0.39 is 10.6 Å². The lowest BCUT2D eigenvalue weighted by Crippen LogP contribution is -2.31. The van der Waals surface area contributed by atoms with Crippen molar-refractivity contribution < 1.29 is 9.72 Å². The van der Waals surface area contributed by atoms with Gasteiger partial charge in [0.2, 0.25) is 5.15 Å². The molecule has 2 rings (SSSR count). The molecule has 20 heavy (non-hydrogen) atoms. The molecule has 0 bridgehead atoms. The zero-order valence-electron chi connectivity index (χ0n) is 11.2. The highest BCUT2D eigenvalue weighted by atomic mass is 35.5. The van der Waals surface area contributed by atoms with Gasteiger partial charge in [-0.25, -0.2) is 4.98 Å². The van der Waals surface area contributed by atoms with Crippen LogP contribution in [0.25, 0.3) is 0 Å². The van der Waals surface area contributed by atoms with Crippen molar-refractivity contribution in [3.8, 4) is 0 Å². The lowest BCUT2D eigenvalue weighted by atomic mass is 10.1. The number of hydrogen-bond donors (Lipinski definition) is 0. The lowest BCUT2D eigenvalue weighted by Gasteiger charge is -2.21. The molecular weight excluding hydrogens is 282 g/mol. The summed E-state index contributed by atoms with van der Waals surface area (Å²) in [4.78, 5) is 27.9. The van der Waals surface area contributed by atoms with E-state index in [0.717, 1.165) is 12.8 Å². The molecule has 1 aliphatic rings. The number of carbonyl (C=O) groups is 1. The normalized spacial score (nSPS) is 15.3. The number of rotatable bonds is 4. The van der Waals surface area contributed by atoms with Gasteiger partial charge in [-0.05, 0) is 24.8 Å². The van der Waals surface area contributed by atoms with Crippen molar-refractivity contribution in [1.82, 2.24) is 9.88 Å². The fraction of sp³-hybridized carbons (Fsp3) is 0.538. The van der Waals surface area contributed by atoms with Crippen LogP contribution in [0, 0.1) is 16.0 Å². The molecule has 0 aromatic carbocycles. The number of hydrogen-bond acceptors (Lipinski definition) is 4. The van der Waals surface area contributed by atoms with Crippen molar-refractivity contribution in [2.24, 2.45) is 5.92 Å². The summed E-state index contributed by atoms with van der Waals surface area (Å²) in [5, 5.41) is 10.8. The molecule has 0 radical (unpaired) electrons. The summed E-state index contributed by atoms with van der Waals surface area (Å²) in [6.07, 6.45) is 5.90. The van der Waals surface area contributed by atoms with Gasteiger partial charge in [0.05, 0.1) is 4.92 Å². The van der Waals surface area contributed by atoms with Gasteiger partial charge in [-0.15, -0.1) is 0 Å². The lowest BCUT2D eigenvalue weighted by molar-refractivity contribution is -0.385. The molecule has 1 fully saturated rings. The van der Waals surface area contributed by atoms with Crippen LogP contribution in [0.3, 0.4) is 0 Å². The average molecular weight is 298 g/mol. The van der Waals surface area contributed by atoms with Crippen molar-refractivity contribution in [1.29, 1.82) is 0 Å². The summed E-state index contributed by atoms with van der Waals surface area (Å²) in [6.45, 7) is 0.621. The third-order valence-corrected chi connectivity index (χ3v) is 3.92.